The van der Waals surface area contributed by atoms with Gasteiger partial charge >= 0.3 is 5.69 Å². The van der Waals surface area contributed by atoms with Crippen LogP contribution in [0.3, 0.4) is 0 Å². The Kier molecular flexibility index (Phi) is 1.11. The quantitative estimate of drug-likeness (QED) is 0.414. The van der Waals surface area contributed by atoms with E-state index in [1.54, 1.807) is 0 Å². The van der Waals surface area contributed by atoms with Gasteiger partial charge in [0.2, 0.25) is 0 Å². The summed E-state index contributed by atoms with van der Waals surface area (Å²) in [4.78, 5) is 24.4. The molecule has 0 aliphatic heterocycles. The minimum Gasteiger partial charge on any atom is -0.494 e. The zero-order valence-corrected chi connectivity index (χ0v) is 4.34. The van der Waals surface area contributed by atoms with E-state index in [-0.39, 0.29) is 0 Å². The van der Waals surface area contributed by atoms with Gasteiger partial charge in [-0.3, -0.25) is 14.8 Å². The highest BCUT2D eigenvalue weighted by atomic mass is 16.4. The molecule has 0 fully saturated rings. The molecule has 48 valence electrons. The lowest BCUT2D eigenvalue weighted by Gasteiger charge is -1.84. The van der Waals surface area contributed by atoms with Crippen molar-refractivity contribution in [3.8, 4) is 5.88 Å². The Hall–Kier alpha value is -1.52. The molecule has 5 nitrogen and oxygen atoms in total. The summed E-state index contributed by atoms with van der Waals surface area (Å²) in [6.07, 6.45) is 0. The summed E-state index contributed by atoms with van der Waals surface area (Å²) >= 11 is 0. The van der Waals surface area contributed by atoms with Crippen LogP contribution in [0.1, 0.15) is 0 Å². The average Bonchev–Trinajstić information content (AvgIpc) is 1.59. The molecule has 0 atom stereocenters. The largest absolute Gasteiger partial charge is 0.494 e. The van der Waals surface area contributed by atoms with E-state index >= 15 is 0 Å². The molecule has 0 bridgehead atoms. The Morgan fingerprint density at radius 1 is 1.33 bits per heavy atom. The van der Waals surface area contributed by atoms with Crippen molar-refractivity contribution in [2.45, 2.75) is 0 Å². The summed E-state index contributed by atoms with van der Waals surface area (Å²) < 4.78 is 0. The van der Waals surface area contributed by atoms with Crippen LogP contribution in [0.2, 0.25) is 0 Å². The van der Waals surface area contributed by atoms with E-state index in [0.29, 0.717) is 0 Å². The zero-order chi connectivity index (χ0) is 6.85. The first-order valence-corrected chi connectivity index (χ1v) is 2.21. The molecule has 0 aliphatic carbocycles. The minimum atomic E-state index is -0.708. The van der Waals surface area contributed by atoms with Crippen LogP contribution in [-0.4, -0.2) is 15.1 Å². The third kappa shape index (κ3) is 1.18. The van der Waals surface area contributed by atoms with Gasteiger partial charge in [-0.1, -0.05) is 0 Å². The molecule has 0 amide bonds. The molecule has 1 heterocycles. The van der Waals surface area contributed by atoms with Gasteiger partial charge in [-0.25, -0.2) is 4.79 Å². The molecule has 0 spiro atoms. The number of hydrogen-bond acceptors (Lipinski definition) is 3. The molecule has 3 N–H and O–H groups in total. The van der Waals surface area contributed by atoms with Gasteiger partial charge in [0, 0.05) is 0 Å². The number of nitrogens with one attached hydrogen (secondary N) is 2. The van der Waals surface area contributed by atoms with Crippen molar-refractivity contribution >= 4 is 0 Å². The Morgan fingerprint density at radius 2 is 2.00 bits per heavy atom. The van der Waals surface area contributed by atoms with Crippen LogP contribution in [0.5, 0.6) is 5.88 Å². The van der Waals surface area contributed by atoms with Crippen molar-refractivity contribution in [1.82, 2.24) is 9.97 Å². The average molecular weight is 133 g/mol. The first-order chi connectivity index (χ1) is 4.18. The first kappa shape index (κ1) is 5.61. The van der Waals surface area contributed by atoms with Gasteiger partial charge in [-0.2, -0.15) is 0 Å². The van der Waals surface area contributed by atoms with Gasteiger partial charge in [-0.05, 0) is 0 Å². The third-order valence-electron chi connectivity index (χ3n) is 0.746. The van der Waals surface area contributed by atoms with Crippen molar-refractivity contribution in [3.05, 3.63) is 26.9 Å². The molecular weight excluding hydrogens is 129 g/mol. The molecule has 0 aliphatic rings. The SMILES string of the molecule is O=[13c]1c[13c](O)[15nH][13c](=O)[15nH]1. The van der Waals surface area contributed by atoms with Gasteiger partial charge in [-0.15, -0.1) is 0 Å². The number of rotatable bonds is 0. The lowest BCUT2D eigenvalue weighted by atomic mass is 11.1. The molecule has 9 heavy (non-hydrogen) atoms. The molecule has 0 unspecified atom stereocenters. The minimum absolute atomic E-state index is 0.427. The van der Waals surface area contributed by atoms with E-state index in [4.69, 9.17) is 5.11 Å². The molecule has 0 saturated carbocycles. The predicted molar refractivity (Wildman–Crippen MR) is 29.3 cm³/mol. The molecule has 1 rings (SSSR count). The Balaban J connectivity index is 3.52. The van der Waals surface area contributed by atoms with E-state index in [1.165, 1.54) is 0 Å². The van der Waals surface area contributed by atoms with Crippen LogP contribution in [0, 0.1) is 0 Å². The highest BCUT2D eigenvalue weighted by Crippen LogP contribution is 1.87. The zero-order valence-electron chi connectivity index (χ0n) is 4.34. The normalized spacial score (nSPS) is 9.33. The van der Waals surface area contributed by atoms with Crippen LogP contribution in [0.25, 0.3) is 0 Å². The van der Waals surface area contributed by atoms with Gasteiger partial charge in [0.1, 0.15) is 0 Å². The summed E-state index contributed by atoms with van der Waals surface area (Å²) in [7, 11) is 0. The second-order valence-electron chi connectivity index (χ2n) is 1.47. The van der Waals surface area contributed by atoms with E-state index in [1.807, 2.05) is 9.97 Å². The van der Waals surface area contributed by atoms with Crippen molar-refractivity contribution < 1.29 is 5.11 Å². The second kappa shape index (κ2) is 1.77. The van der Waals surface area contributed by atoms with Crippen LogP contribution in [-0.2, 0) is 0 Å². The van der Waals surface area contributed by atoms with Gasteiger partial charge in [0.05, 0.1) is 6.07 Å². The second-order valence-corrected chi connectivity index (χ2v) is 1.47. The van der Waals surface area contributed by atoms with Crippen molar-refractivity contribution in [1.29, 1.82) is 0 Å². The molecule has 0 aromatic carbocycles. The van der Waals surface area contributed by atoms with Crippen molar-refractivity contribution in [2.24, 2.45) is 0 Å². The fourth-order valence-electron chi connectivity index (χ4n) is 0.456. The third-order valence-corrected chi connectivity index (χ3v) is 0.746. The van der Waals surface area contributed by atoms with E-state index in [2.05, 4.69) is 0 Å². The molecule has 1 aromatic rings. The summed E-state index contributed by atoms with van der Waals surface area (Å²) in [6.45, 7) is 0. The summed E-state index contributed by atoms with van der Waals surface area (Å²) in [5.41, 5.74) is -1.32. The molecule has 0 radical (unpaired) electrons. The first-order valence-electron chi connectivity index (χ1n) is 2.21. The molecule has 5 heteroatoms. The topological polar surface area (TPSA) is 85.9 Å². The van der Waals surface area contributed by atoms with Gasteiger partial charge in [0.15, 0.2) is 5.88 Å². The highest BCUT2D eigenvalue weighted by Gasteiger charge is 1.88. The fourth-order valence-corrected chi connectivity index (χ4v) is 0.456. The fraction of sp³-hybridized carbons (Fsp3) is 0. The lowest BCUT2D eigenvalue weighted by molar-refractivity contribution is 0.448. The number of aromatic nitrogens is 2. The van der Waals surface area contributed by atoms with Crippen molar-refractivity contribution in [3.63, 3.8) is 0 Å². The van der Waals surface area contributed by atoms with E-state index < -0.39 is 17.1 Å². The monoisotopic (exact) mass is 133 g/mol. The van der Waals surface area contributed by atoms with Crippen LogP contribution >= 0.6 is 0 Å². The summed E-state index contributed by atoms with van der Waals surface area (Å²) in [5, 5.41) is 8.52. The van der Waals surface area contributed by atoms with E-state index in [0.717, 1.165) is 6.07 Å². The summed E-state index contributed by atoms with van der Waals surface area (Å²) in [5.74, 6) is -0.427. The highest BCUT2D eigenvalue weighted by molar-refractivity contribution is 5.01. The number of aromatic amines is 2. The maximum atomic E-state index is 10.3. The smallest absolute Gasteiger partial charge is 0.328 e. The van der Waals surface area contributed by atoms with Crippen LogP contribution in [0.15, 0.2) is 15.7 Å². The Labute approximate surface area is 49.0 Å². The molecule has 1 aromatic heterocycles. The Morgan fingerprint density at radius 3 is 2.44 bits per heavy atom. The number of hydrogen-bond donors (Lipinski definition) is 3. The Bertz CT molecular complexity index is 282. The van der Waals surface area contributed by atoms with Crippen LogP contribution < -0.4 is 11.2 Å². The molecule has 0 saturated heterocycles. The maximum absolute atomic E-state index is 10.3. The van der Waals surface area contributed by atoms with Gasteiger partial charge in [0.25, 0.3) is 5.56 Å². The van der Waals surface area contributed by atoms with Gasteiger partial charge < -0.3 is 5.11 Å². The standard InChI is InChI=1S/C4H4N2O3/c7-2-1-3(8)6-4(9)5-2/h1H,(H3,5,6,7,8,9)/i2+1,3+1,4+1,5+1,6+1. The number of aromatic hydroxyl groups is 1. The van der Waals surface area contributed by atoms with Crippen molar-refractivity contribution in [2.75, 3.05) is 0 Å². The lowest BCUT2D eigenvalue weighted by Crippen LogP contribution is -2.19. The molecular formula is C4H4N2O3. The van der Waals surface area contributed by atoms with E-state index in [9.17, 15) is 9.59 Å². The maximum Gasteiger partial charge on any atom is 0.328 e. The number of H-pyrrole nitrogens is 2. The predicted octanol–water partition coefficient (Wildman–Crippen LogP) is -1.23. The summed E-state index contributed by atoms with van der Waals surface area (Å²) in [6, 6.07) is 0.876. The van der Waals surface area contributed by atoms with Crippen LogP contribution in [0.4, 0.5) is 0 Å².